The summed E-state index contributed by atoms with van der Waals surface area (Å²) in [6.07, 6.45) is 3.46. The second kappa shape index (κ2) is 6.83. The van der Waals surface area contributed by atoms with Crippen molar-refractivity contribution < 1.29 is 14.1 Å². The average molecular weight is 379 g/mol. The van der Waals surface area contributed by atoms with Crippen LogP contribution in [0.15, 0.2) is 70.1 Å². The molecule has 0 aliphatic heterocycles. The van der Waals surface area contributed by atoms with Crippen molar-refractivity contribution in [1.82, 2.24) is 14.3 Å². The lowest BCUT2D eigenvalue weighted by Crippen LogP contribution is -2.24. The zero-order chi connectivity index (χ0) is 19.7. The number of nitrogens with zero attached hydrogens (tertiary/aromatic N) is 4. The number of amides is 1. The summed E-state index contributed by atoms with van der Waals surface area (Å²) >= 11 is 0. The number of hydrogen-bond acceptors (Lipinski definition) is 6. The third-order valence-corrected chi connectivity index (χ3v) is 4.08. The molecule has 0 saturated heterocycles. The van der Waals surface area contributed by atoms with Gasteiger partial charge in [-0.25, -0.2) is 9.48 Å². The molecule has 0 atom stereocenters. The first-order chi connectivity index (χ1) is 13.5. The Hall–Kier alpha value is -4.21. The van der Waals surface area contributed by atoms with E-state index in [0.717, 1.165) is 16.3 Å². The quantitative estimate of drug-likeness (QED) is 0.419. The fourth-order valence-electron chi connectivity index (χ4n) is 2.78. The second-order valence-electron chi connectivity index (χ2n) is 5.91. The van der Waals surface area contributed by atoms with E-state index >= 15 is 0 Å². The smallest absolute Gasteiger partial charge is 0.407 e. The molecule has 0 aliphatic carbocycles. The van der Waals surface area contributed by atoms with E-state index in [1.807, 2.05) is 0 Å². The van der Waals surface area contributed by atoms with Gasteiger partial charge in [0.1, 0.15) is 6.54 Å². The fourth-order valence-corrected chi connectivity index (χ4v) is 2.78. The van der Waals surface area contributed by atoms with E-state index < -0.39 is 16.6 Å². The van der Waals surface area contributed by atoms with Crippen molar-refractivity contribution in [2.75, 3.05) is 5.32 Å². The number of oxazole rings is 1. The van der Waals surface area contributed by atoms with Gasteiger partial charge in [0.15, 0.2) is 5.58 Å². The molecule has 1 N–H and O–H groups in total. The first kappa shape index (κ1) is 17.2. The highest BCUT2D eigenvalue weighted by atomic mass is 16.6. The molecule has 0 radical (unpaired) electrons. The van der Waals surface area contributed by atoms with Crippen molar-refractivity contribution in [1.29, 1.82) is 0 Å². The van der Waals surface area contributed by atoms with Crippen molar-refractivity contribution in [3.8, 4) is 5.69 Å². The lowest BCUT2D eigenvalue weighted by Gasteiger charge is -2.07. The summed E-state index contributed by atoms with van der Waals surface area (Å²) in [4.78, 5) is 34.6. The lowest BCUT2D eigenvalue weighted by atomic mass is 10.2. The Morgan fingerprint density at radius 1 is 1.21 bits per heavy atom. The molecule has 10 heteroatoms. The molecule has 4 rings (SSSR count). The van der Waals surface area contributed by atoms with Crippen LogP contribution in [0.2, 0.25) is 0 Å². The Bertz CT molecular complexity index is 1220. The van der Waals surface area contributed by atoms with E-state index in [1.54, 1.807) is 47.4 Å². The number of aromatic nitrogens is 3. The number of non-ortho nitro benzene ring substituents is 1. The lowest BCUT2D eigenvalue weighted by molar-refractivity contribution is -0.384. The number of carbonyl (C=O) groups is 1. The van der Waals surface area contributed by atoms with Gasteiger partial charge in [0, 0.05) is 24.1 Å². The van der Waals surface area contributed by atoms with Gasteiger partial charge in [0.25, 0.3) is 5.69 Å². The Morgan fingerprint density at radius 2 is 2.00 bits per heavy atom. The minimum atomic E-state index is -0.764. The monoisotopic (exact) mass is 379 g/mol. The van der Waals surface area contributed by atoms with Crippen LogP contribution in [0.1, 0.15) is 0 Å². The number of fused-ring (bicyclic) bond motifs is 1. The zero-order valence-electron chi connectivity index (χ0n) is 14.3. The van der Waals surface area contributed by atoms with Gasteiger partial charge in [0.2, 0.25) is 5.91 Å². The molecule has 140 valence electrons. The van der Waals surface area contributed by atoms with Crippen LogP contribution in [0.25, 0.3) is 16.8 Å². The number of nitrogens with one attached hydrogen (secondary N) is 1. The number of rotatable bonds is 5. The molecule has 2 aromatic carbocycles. The molecule has 0 fully saturated rings. The molecule has 0 unspecified atom stereocenters. The molecule has 4 aromatic rings. The summed E-state index contributed by atoms with van der Waals surface area (Å²) in [7, 11) is 0. The topological polar surface area (TPSA) is 125 Å². The first-order valence-electron chi connectivity index (χ1n) is 8.19. The molecule has 2 aromatic heterocycles. The van der Waals surface area contributed by atoms with Crippen LogP contribution >= 0.6 is 0 Å². The molecule has 0 aliphatic rings. The highest BCUT2D eigenvalue weighted by molar-refractivity contribution is 5.91. The van der Waals surface area contributed by atoms with Crippen LogP contribution < -0.4 is 11.1 Å². The number of carbonyl (C=O) groups excluding carboxylic acids is 1. The zero-order valence-corrected chi connectivity index (χ0v) is 14.3. The maximum absolute atomic E-state index is 12.3. The van der Waals surface area contributed by atoms with Gasteiger partial charge < -0.3 is 9.73 Å². The summed E-state index contributed by atoms with van der Waals surface area (Å²) in [5.74, 6) is -1.20. The maximum Gasteiger partial charge on any atom is 0.420 e. The van der Waals surface area contributed by atoms with E-state index in [1.165, 1.54) is 12.1 Å². The van der Waals surface area contributed by atoms with E-state index in [-0.39, 0.29) is 17.8 Å². The number of anilines is 1. The number of nitro benzene ring substituents is 1. The van der Waals surface area contributed by atoms with Crippen molar-refractivity contribution in [2.45, 2.75) is 6.54 Å². The standard InChI is InChI=1S/C18H13N5O5/c24-17(20-12-2-4-13(5-3-12)22-9-1-8-19-22)11-21-15-7-6-14(23(26)27)10-16(15)28-18(21)25/h1-10H,11H2,(H,20,24). The minimum absolute atomic E-state index is 0.0515. The van der Waals surface area contributed by atoms with Gasteiger partial charge >= 0.3 is 5.76 Å². The second-order valence-corrected chi connectivity index (χ2v) is 5.91. The van der Waals surface area contributed by atoms with Gasteiger partial charge in [-0.2, -0.15) is 5.10 Å². The largest absolute Gasteiger partial charge is 0.420 e. The van der Waals surface area contributed by atoms with Gasteiger partial charge in [-0.1, -0.05) is 0 Å². The molecule has 2 heterocycles. The third-order valence-electron chi connectivity index (χ3n) is 4.08. The molecule has 0 bridgehead atoms. The van der Waals surface area contributed by atoms with Crippen LogP contribution in [0, 0.1) is 10.1 Å². The Balaban J connectivity index is 1.51. The molecule has 0 spiro atoms. The van der Waals surface area contributed by atoms with E-state index in [2.05, 4.69) is 10.4 Å². The molecule has 10 nitrogen and oxygen atoms in total. The molecule has 28 heavy (non-hydrogen) atoms. The van der Waals surface area contributed by atoms with E-state index in [4.69, 9.17) is 4.42 Å². The van der Waals surface area contributed by atoms with Crippen LogP contribution in [0.5, 0.6) is 0 Å². The van der Waals surface area contributed by atoms with Crippen molar-refractivity contribution >= 4 is 28.4 Å². The third kappa shape index (κ3) is 3.26. The minimum Gasteiger partial charge on any atom is -0.407 e. The average Bonchev–Trinajstić information content (AvgIpc) is 3.31. The SMILES string of the molecule is O=C(Cn1c(=O)oc2cc([N+](=O)[O-])ccc21)Nc1ccc(-n2cccn2)cc1. The van der Waals surface area contributed by atoms with Crippen molar-refractivity contribution in [3.05, 3.63) is 81.6 Å². The van der Waals surface area contributed by atoms with Gasteiger partial charge in [-0.05, 0) is 36.4 Å². The molecule has 1 amide bonds. The summed E-state index contributed by atoms with van der Waals surface area (Å²) < 4.78 is 7.81. The summed E-state index contributed by atoms with van der Waals surface area (Å²) in [5, 5.41) is 17.6. The van der Waals surface area contributed by atoms with Crippen LogP contribution in [-0.4, -0.2) is 25.2 Å². The van der Waals surface area contributed by atoms with Crippen LogP contribution in [0.4, 0.5) is 11.4 Å². The Morgan fingerprint density at radius 3 is 2.68 bits per heavy atom. The number of benzene rings is 2. The summed E-state index contributed by atoms with van der Waals surface area (Å²) in [5.41, 5.74) is 1.55. The Kier molecular flexibility index (Phi) is 4.20. The molecule has 0 saturated carbocycles. The van der Waals surface area contributed by atoms with Crippen molar-refractivity contribution in [3.63, 3.8) is 0 Å². The fraction of sp³-hybridized carbons (Fsp3) is 0.0556. The van der Waals surface area contributed by atoms with Gasteiger partial charge in [-0.15, -0.1) is 0 Å². The maximum atomic E-state index is 12.3. The number of nitro groups is 1. The molecular formula is C18H13N5O5. The van der Waals surface area contributed by atoms with Gasteiger partial charge in [0.05, 0.1) is 22.2 Å². The normalized spacial score (nSPS) is 10.9. The predicted molar refractivity (Wildman–Crippen MR) is 99.3 cm³/mol. The summed E-state index contributed by atoms with van der Waals surface area (Å²) in [6, 6.07) is 12.6. The van der Waals surface area contributed by atoms with Crippen LogP contribution in [-0.2, 0) is 11.3 Å². The first-order valence-corrected chi connectivity index (χ1v) is 8.19. The molecular weight excluding hydrogens is 366 g/mol. The Labute approximate surface area is 156 Å². The van der Waals surface area contributed by atoms with Gasteiger partial charge in [-0.3, -0.25) is 19.5 Å². The highest BCUT2D eigenvalue weighted by Gasteiger charge is 2.16. The summed E-state index contributed by atoms with van der Waals surface area (Å²) in [6.45, 7) is -0.287. The number of hydrogen-bond donors (Lipinski definition) is 1. The van der Waals surface area contributed by atoms with Crippen LogP contribution in [0.3, 0.4) is 0 Å². The predicted octanol–water partition coefficient (Wildman–Crippen LogP) is 2.33. The highest BCUT2D eigenvalue weighted by Crippen LogP contribution is 2.20. The van der Waals surface area contributed by atoms with E-state index in [9.17, 15) is 19.7 Å². The van der Waals surface area contributed by atoms with E-state index in [0.29, 0.717) is 11.2 Å². The van der Waals surface area contributed by atoms with Crippen molar-refractivity contribution in [2.24, 2.45) is 0 Å².